The average molecular weight is 368 g/mol. The van der Waals surface area contributed by atoms with Crippen LogP contribution >= 0.6 is 0 Å². The van der Waals surface area contributed by atoms with Gasteiger partial charge in [0.15, 0.2) is 0 Å². The van der Waals surface area contributed by atoms with Crippen molar-refractivity contribution < 1.29 is 22.1 Å². The molecular weight excluding hydrogens is 340 g/mol. The highest BCUT2D eigenvalue weighted by Gasteiger charge is 2.31. The van der Waals surface area contributed by atoms with E-state index in [-0.39, 0.29) is 24.1 Å². The van der Waals surface area contributed by atoms with Crippen LogP contribution in [0, 0.1) is 5.92 Å². The quantitative estimate of drug-likeness (QED) is 0.519. The lowest BCUT2D eigenvalue weighted by Gasteiger charge is -2.33. The fourth-order valence-corrected chi connectivity index (χ4v) is 4.25. The topological polar surface area (TPSA) is 69.7 Å². The lowest BCUT2D eigenvalue weighted by molar-refractivity contribution is -0.150. The van der Waals surface area contributed by atoms with Crippen molar-refractivity contribution in [2.24, 2.45) is 5.92 Å². The summed E-state index contributed by atoms with van der Waals surface area (Å²) in [5.41, 5.74) is 1.29. The maximum absolute atomic E-state index is 11.5. The number of carbonyl (C=O) groups is 1. The molecule has 25 heavy (non-hydrogen) atoms. The average Bonchev–Trinajstić information content (AvgIpc) is 2.54. The fourth-order valence-electron chi connectivity index (χ4n) is 3.56. The summed E-state index contributed by atoms with van der Waals surface area (Å²) in [5, 5.41) is 0. The summed E-state index contributed by atoms with van der Waals surface area (Å²) in [5.74, 6) is 0.0262. The van der Waals surface area contributed by atoms with Gasteiger partial charge in [0.05, 0.1) is 12.4 Å². The molecule has 0 aromatic heterocycles. The molecule has 5 nitrogen and oxygen atoms in total. The zero-order valence-electron chi connectivity index (χ0n) is 15.0. The number of benzene rings is 1. The molecule has 1 saturated carbocycles. The highest BCUT2D eigenvalue weighted by molar-refractivity contribution is 7.86. The molecular formula is C19H28O5S. The molecule has 0 N–H and O–H groups in total. The first-order valence-corrected chi connectivity index (χ1v) is 10.7. The number of aryl methyl sites for hydroxylation is 1. The van der Waals surface area contributed by atoms with Gasteiger partial charge in [0.2, 0.25) is 0 Å². The molecule has 0 amide bonds. The second kappa shape index (κ2) is 9.34. The van der Waals surface area contributed by atoms with E-state index in [1.807, 2.05) is 18.2 Å². The summed E-state index contributed by atoms with van der Waals surface area (Å²) in [7, 11) is -3.41. The molecule has 1 aromatic carbocycles. The highest BCUT2D eigenvalue weighted by Crippen LogP contribution is 2.32. The van der Waals surface area contributed by atoms with Gasteiger partial charge < -0.3 is 4.74 Å². The monoisotopic (exact) mass is 368 g/mol. The Kier molecular flexibility index (Phi) is 7.44. The number of hydrogen-bond acceptors (Lipinski definition) is 5. The number of hydrogen-bond donors (Lipinski definition) is 0. The Morgan fingerprint density at radius 3 is 2.36 bits per heavy atom. The van der Waals surface area contributed by atoms with Crippen molar-refractivity contribution in [3.63, 3.8) is 0 Å². The number of ether oxygens (including phenoxy) is 1. The highest BCUT2D eigenvalue weighted by atomic mass is 32.2. The molecule has 1 aliphatic rings. The van der Waals surface area contributed by atoms with E-state index in [2.05, 4.69) is 12.1 Å². The van der Waals surface area contributed by atoms with Gasteiger partial charge in [0, 0.05) is 6.92 Å². The predicted molar refractivity (Wildman–Crippen MR) is 96.6 cm³/mol. The summed E-state index contributed by atoms with van der Waals surface area (Å²) in [6.07, 6.45) is 6.53. The summed E-state index contributed by atoms with van der Waals surface area (Å²) in [4.78, 5) is 11.5. The van der Waals surface area contributed by atoms with Gasteiger partial charge in [-0.1, -0.05) is 30.3 Å². The predicted octanol–water partition coefficient (Wildman–Crippen LogP) is 3.48. The maximum atomic E-state index is 11.5. The van der Waals surface area contributed by atoms with E-state index < -0.39 is 10.1 Å². The molecule has 1 aromatic rings. The molecule has 0 bridgehead atoms. The Labute approximate surface area is 150 Å². The van der Waals surface area contributed by atoms with Crippen LogP contribution in [0.2, 0.25) is 0 Å². The van der Waals surface area contributed by atoms with E-state index >= 15 is 0 Å². The van der Waals surface area contributed by atoms with Crippen LogP contribution in [0.25, 0.3) is 0 Å². The van der Waals surface area contributed by atoms with E-state index in [0.717, 1.165) is 38.4 Å². The Bertz CT molecular complexity index is 633. The van der Waals surface area contributed by atoms with Crippen molar-refractivity contribution in [3.8, 4) is 0 Å². The minimum Gasteiger partial charge on any atom is -0.462 e. The molecule has 0 saturated heterocycles. The van der Waals surface area contributed by atoms with Crippen molar-refractivity contribution in [2.45, 2.75) is 64.1 Å². The van der Waals surface area contributed by atoms with Crippen LogP contribution in [0.4, 0.5) is 0 Å². The summed E-state index contributed by atoms with van der Waals surface area (Å²) in [6, 6.07) is 10.3. The van der Waals surface area contributed by atoms with Crippen LogP contribution < -0.4 is 0 Å². The third-order valence-corrected chi connectivity index (χ3v) is 5.29. The van der Waals surface area contributed by atoms with Gasteiger partial charge in [0.25, 0.3) is 10.1 Å². The smallest absolute Gasteiger partial charge is 0.302 e. The van der Waals surface area contributed by atoms with Gasteiger partial charge >= 0.3 is 5.97 Å². The van der Waals surface area contributed by atoms with Crippen LogP contribution in [0.1, 0.15) is 51.0 Å². The molecule has 6 heteroatoms. The van der Waals surface area contributed by atoms with E-state index in [0.29, 0.717) is 12.8 Å². The molecule has 1 aliphatic carbocycles. The van der Waals surface area contributed by atoms with E-state index in [4.69, 9.17) is 8.92 Å². The standard InChI is InChI=1S/C19H28O5S/c1-15(20)23-19(10-6-9-16-7-4-3-5-8-16)17-11-13-18(14-12-17)24-25(2,21)22/h3-5,7-8,17-19H,6,9-14H2,1-2H3/t17-,18+,19?. The molecule has 0 aliphatic heterocycles. The SMILES string of the molecule is CC(=O)OC(CCCc1ccccc1)[C@H]1CC[C@@H](OS(C)(=O)=O)CC1. The molecule has 0 spiro atoms. The first-order valence-electron chi connectivity index (χ1n) is 8.93. The van der Waals surface area contributed by atoms with Crippen molar-refractivity contribution in [1.29, 1.82) is 0 Å². The van der Waals surface area contributed by atoms with E-state index in [1.165, 1.54) is 12.5 Å². The van der Waals surface area contributed by atoms with Crippen molar-refractivity contribution >= 4 is 16.1 Å². The summed E-state index contributed by atoms with van der Waals surface area (Å²) < 4.78 is 33.1. The molecule has 2 rings (SSSR count). The summed E-state index contributed by atoms with van der Waals surface area (Å²) in [6.45, 7) is 1.45. The molecule has 140 valence electrons. The third-order valence-electron chi connectivity index (χ3n) is 4.67. The van der Waals surface area contributed by atoms with Gasteiger partial charge in [0.1, 0.15) is 6.10 Å². The lowest BCUT2D eigenvalue weighted by atomic mass is 9.82. The molecule has 1 fully saturated rings. The first-order chi connectivity index (χ1) is 11.8. The number of esters is 1. The minimum atomic E-state index is -3.41. The Morgan fingerprint density at radius 1 is 1.16 bits per heavy atom. The van der Waals surface area contributed by atoms with Gasteiger partial charge in [-0.05, 0) is 56.4 Å². The largest absolute Gasteiger partial charge is 0.462 e. The van der Waals surface area contributed by atoms with Gasteiger partial charge in [-0.2, -0.15) is 8.42 Å². The number of rotatable bonds is 8. The van der Waals surface area contributed by atoms with Crippen LogP contribution in [-0.4, -0.2) is 32.9 Å². The molecule has 1 atom stereocenters. The van der Waals surface area contributed by atoms with Crippen LogP contribution in [0.15, 0.2) is 30.3 Å². The third kappa shape index (κ3) is 7.57. The van der Waals surface area contributed by atoms with Crippen molar-refractivity contribution in [3.05, 3.63) is 35.9 Å². The van der Waals surface area contributed by atoms with Crippen molar-refractivity contribution in [2.75, 3.05) is 6.26 Å². The molecule has 1 unspecified atom stereocenters. The zero-order valence-corrected chi connectivity index (χ0v) is 15.8. The van der Waals surface area contributed by atoms with E-state index in [1.54, 1.807) is 0 Å². The van der Waals surface area contributed by atoms with Crippen LogP contribution in [0.5, 0.6) is 0 Å². The van der Waals surface area contributed by atoms with Crippen LogP contribution in [0.3, 0.4) is 0 Å². The minimum absolute atomic E-state index is 0.0969. The second-order valence-electron chi connectivity index (χ2n) is 6.86. The van der Waals surface area contributed by atoms with Gasteiger partial charge in [-0.15, -0.1) is 0 Å². The van der Waals surface area contributed by atoms with Gasteiger partial charge in [-0.3, -0.25) is 8.98 Å². The maximum Gasteiger partial charge on any atom is 0.302 e. The summed E-state index contributed by atoms with van der Waals surface area (Å²) >= 11 is 0. The number of carbonyl (C=O) groups excluding carboxylic acids is 1. The Morgan fingerprint density at radius 2 is 1.80 bits per heavy atom. The lowest BCUT2D eigenvalue weighted by Crippen LogP contribution is -2.32. The second-order valence-corrected chi connectivity index (χ2v) is 8.46. The molecule has 0 radical (unpaired) electrons. The van der Waals surface area contributed by atoms with Crippen molar-refractivity contribution in [1.82, 2.24) is 0 Å². The van der Waals surface area contributed by atoms with Crippen LogP contribution in [-0.2, 0) is 30.3 Å². The van der Waals surface area contributed by atoms with E-state index in [9.17, 15) is 13.2 Å². The van der Waals surface area contributed by atoms with Gasteiger partial charge in [-0.25, -0.2) is 0 Å². The Hall–Kier alpha value is -1.40. The first kappa shape index (κ1) is 19.9. The normalized spacial score (nSPS) is 22.3. The fraction of sp³-hybridized carbons (Fsp3) is 0.632. The zero-order chi connectivity index (χ0) is 18.3. The molecule has 0 heterocycles. The Balaban J connectivity index is 1.84.